The van der Waals surface area contributed by atoms with Crippen LogP contribution in [0.15, 0.2) is 94.6 Å². The predicted octanol–water partition coefficient (Wildman–Crippen LogP) is 5.51. The maximum atomic E-state index is 12.9. The molecule has 0 amide bonds. The zero-order chi connectivity index (χ0) is 22.8. The van der Waals surface area contributed by atoms with Gasteiger partial charge >= 0.3 is 6.18 Å². The molecular weight excluding hydrogens is 441 g/mol. The number of nitrogens with one attached hydrogen (secondary N) is 1. The lowest BCUT2D eigenvalue weighted by Gasteiger charge is -2.10. The van der Waals surface area contributed by atoms with Gasteiger partial charge in [0.1, 0.15) is 5.69 Å². The van der Waals surface area contributed by atoms with Gasteiger partial charge in [0, 0.05) is 12.7 Å². The van der Waals surface area contributed by atoms with Crippen molar-refractivity contribution in [1.82, 2.24) is 9.71 Å². The van der Waals surface area contributed by atoms with Crippen molar-refractivity contribution in [2.75, 3.05) is 0 Å². The van der Waals surface area contributed by atoms with E-state index in [2.05, 4.69) is 9.71 Å². The molecule has 5 nitrogen and oxygen atoms in total. The quantitative estimate of drug-likeness (QED) is 0.414. The normalized spacial score (nSPS) is 12.1. The van der Waals surface area contributed by atoms with Gasteiger partial charge in [0.2, 0.25) is 10.0 Å². The SMILES string of the molecule is O=S(=O)(NCc1ccnc(-c2ccco2)c1)c1ccc(-c2cccc(C(F)(F)F)c2)cc1. The molecule has 0 radical (unpaired) electrons. The monoisotopic (exact) mass is 458 g/mol. The first-order chi connectivity index (χ1) is 15.2. The first-order valence-corrected chi connectivity index (χ1v) is 11.0. The maximum absolute atomic E-state index is 12.9. The molecule has 0 fully saturated rings. The van der Waals surface area contributed by atoms with Gasteiger partial charge in [0.15, 0.2) is 5.76 Å². The zero-order valence-corrected chi connectivity index (χ0v) is 17.3. The number of aromatic nitrogens is 1. The highest BCUT2D eigenvalue weighted by Crippen LogP contribution is 2.32. The van der Waals surface area contributed by atoms with Crippen LogP contribution in [0.25, 0.3) is 22.6 Å². The van der Waals surface area contributed by atoms with Crippen LogP contribution in [-0.4, -0.2) is 13.4 Å². The van der Waals surface area contributed by atoms with Crippen LogP contribution in [-0.2, 0) is 22.7 Å². The van der Waals surface area contributed by atoms with Gasteiger partial charge in [0.25, 0.3) is 0 Å². The highest BCUT2D eigenvalue weighted by Gasteiger charge is 2.30. The first-order valence-electron chi connectivity index (χ1n) is 9.48. The van der Waals surface area contributed by atoms with Crippen LogP contribution >= 0.6 is 0 Å². The van der Waals surface area contributed by atoms with Crippen LogP contribution in [0.2, 0.25) is 0 Å². The zero-order valence-electron chi connectivity index (χ0n) is 16.5. The number of hydrogen-bond acceptors (Lipinski definition) is 4. The number of halogens is 3. The molecule has 0 saturated carbocycles. The Morgan fingerprint density at radius 2 is 1.69 bits per heavy atom. The topological polar surface area (TPSA) is 72.2 Å². The molecule has 2 heterocycles. The molecule has 0 atom stereocenters. The Morgan fingerprint density at radius 3 is 2.38 bits per heavy atom. The van der Waals surface area contributed by atoms with Gasteiger partial charge < -0.3 is 4.42 Å². The predicted molar refractivity (Wildman–Crippen MR) is 113 cm³/mol. The fourth-order valence-electron chi connectivity index (χ4n) is 3.11. The Hall–Kier alpha value is -3.43. The van der Waals surface area contributed by atoms with E-state index in [4.69, 9.17) is 4.42 Å². The van der Waals surface area contributed by atoms with Gasteiger partial charge in [-0.3, -0.25) is 4.98 Å². The highest BCUT2D eigenvalue weighted by molar-refractivity contribution is 7.89. The summed E-state index contributed by atoms with van der Waals surface area (Å²) in [5.74, 6) is 0.569. The lowest BCUT2D eigenvalue weighted by atomic mass is 10.0. The number of sulfonamides is 1. The van der Waals surface area contributed by atoms with Gasteiger partial charge in [0.05, 0.1) is 16.7 Å². The maximum Gasteiger partial charge on any atom is 0.416 e. The molecule has 4 rings (SSSR count). The van der Waals surface area contributed by atoms with Crippen molar-refractivity contribution in [2.45, 2.75) is 17.6 Å². The fraction of sp³-hybridized carbons (Fsp3) is 0.0870. The molecule has 32 heavy (non-hydrogen) atoms. The summed E-state index contributed by atoms with van der Waals surface area (Å²) in [6, 6.07) is 17.4. The number of furan rings is 1. The number of rotatable bonds is 6. The number of hydrogen-bond donors (Lipinski definition) is 1. The average molecular weight is 458 g/mol. The van der Waals surface area contributed by atoms with Crippen LogP contribution in [0.5, 0.6) is 0 Å². The molecule has 2 aromatic heterocycles. The Kier molecular flexibility index (Phi) is 5.86. The first kappa shape index (κ1) is 21.8. The van der Waals surface area contributed by atoms with E-state index in [1.807, 2.05) is 0 Å². The van der Waals surface area contributed by atoms with E-state index in [0.717, 1.165) is 12.1 Å². The van der Waals surface area contributed by atoms with Gasteiger partial charge in [-0.15, -0.1) is 0 Å². The lowest BCUT2D eigenvalue weighted by Crippen LogP contribution is -2.23. The molecule has 0 aliphatic heterocycles. The van der Waals surface area contributed by atoms with Crippen molar-refractivity contribution in [3.63, 3.8) is 0 Å². The van der Waals surface area contributed by atoms with E-state index in [-0.39, 0.29) is 11.4 Å². The summed E-state index contributed by atoms with van der Waals surface area (Å²) in [4.78, 5) is 4.21. The van der Waals surface area contributed by atoms with Crippen LogP contribution < -0.4 is 4.72 Å². The van der Waals surface area contributed by atoms with E-state index in [0.29, 0.717) is 28.1 Å². The third-order valence-corrected chi connectivity index (χ3v) is 6.17. The Morgan fingerprint density at radius 1 is 0.906 bits per heavy atom. The van der Waals surface area contributed by atoms with E-state index in [1.165, 1.54) is 42.7 Å². The molecule has 9 heteroatoms. The molecule has 164 valence electrons. The summed E-state index contributed by atoms with van der Waals surface area (Å²) in [6.07, 6.45) is -1.37. The number of pyridine rings is 1. The van der Waals surface area contributed by atoms with Crippen molar-refractivity contribution in [3.8, 4) is 22.6 Å². The Balaban J connectivity index is 1.49. The second-order valence-electron chi connectivity index (χ2n) is 6.95. The van der Waals surface area contributed by atoms with Gasteiger partial charge in [-0.25, -0.2) is 13.1 Å². The van der Waals surface area contributed by atoms with Crippen LogP contribution in [0, 0.1) is 0 Å². The molecule has 1 N–H and O–H groups in total. The third-order valence-electron chi connectivity index (χ3n) is 4.75. The van der Waals surface area contributed by atoms with E-state index < -0.39 is 21.8 Å². The van der Waals surface area contributed by atoms with E-state index >= 15 is 0 Å². The summed E-state index contributed by atoms with van der Waals surface area (Å²) >= 11 is 0. The molecule has 4 aromatic rings. The van der Waals surface area contributed by atoms with E-state index in [1.54, 1.807) is 30.5 Å². The lowest BCUT2D eigenvalue weighted by molar-refractivity contribution is -0.137. The van der Waals surface area contributed by atoms with E-state index in [9.17, 15) is 21.6 Å². The summed E-state index contributed by atoms with van der Waals surface area (Å²) in [7, 11) is -3.83. The van der Waals surface area contributed by atoms with Crippen LogP contribution in [0.4, 0.5) is 13.2 Å². The van der Waals surface area contributed by atoms with Crippen molar-refractivity contribution in [1.29, 1.82) is 0 Å². The minimum absolute atomic E-state index is 0.00791. The minimum Gasteiger partial charge on any atom is -0.463 e. The molecule has 0 unspecified atom stereocenters. The molecule has 2 aromatic carbocycles. The largest absolute Gasteiger partial charge is 0.463 e. The summed E-state index contributed by atoms with van der Waals surface area (Å²) in [5, 5.41) is 0. The van der Waals surface area contributed by atoms with Crippen LogP contribution in [0.1, 0.15) is 11.1 Å². The molecule has 0 aliphatic carbocycles. The average Bonchev–Trinajstić information content (AvgIpc) is 3.33. The third kappa shape index (κ3) is 4.90. The fourth-order valence-corrected chi connectivity index (χ4v) is 4.12. The van der Waals surface area contributed by atoms with Crippen molar-refractivity contribution >= 4 is 10.0 Å². The summed E-state index contributed by atoms with van der Waals surface area (Å²) in [5.41, 5.74) is 1.33. The van der Waals surface area contributed by atoms with Crippen molar-refractivity contribution in [3.05, 3.63) is 96.4 Å². The van der Waals surface area contributed by atoms with Crippen molar-refractivity contribution in [2.24, 2.45) is 0 Å². The Bertz CT molecular complexity index is 1320. The summed E-state index contributed by atoms with van der Waals surface area (Å²) < 4.78 is 71.9. The number of nitrogens with zero attached hydrogens (tertiary/aromatic N) is 1. The minimum atomic E-state index is -4.45. The Labute approximate surface area is 182 Å². The smallest absolute Gasteiger partial charge is 0.416 e. The number of alkyl halides is 3. The van der Waals surface area contributed by atoms with Crippen molar-refractivity contribution < 1.29 is 26.0 Å². The standard InChI is InChI=1S/C23H17F3N2O3S/c24-23(25,26)19-4-1-3-18(14-19)17-6-8-20(9-7-17)32(29,30)28-15-16-10-11-27-21(13-16)22-5-2-12-31-22/h1-14,28H,15H2. The second kappa shape index (κ2) is 8.60. The molecule has 0 spiro atoms. The molecule has 0 aliphatic rings. The highest BCUT2D eigenvalue weighted by atomic mass is 32.2. The summed E-state index contributed by atoms with van der Waals surface area (Å²) in [6.45, 7) is 0.0357. The second-order valence-corrected chi connectivity index (χ2v) is 8.72. The molecule has 0 saturated heterocycles. The molecular formula is C23H17F3N2O3S. The molecule has 0 bridgehead atoms. The van der Waals surface area contributed by atoms with Crippen LogP contribution in [0.3, 0.4) is 0 Å². The number of benzene rings is 2. The van der Waals surface area contributed by atoms with Gasteiger partial charge in [-0.1, -0.05) is 24.3 Å². The van der Waals surface area contributed by atoms with Gasteiger partial charge in [-0.2, -0.15) is 13.2 Å². The van der Waals surface area contributed by atoms with Gasteiger partial charge in [-0.05, 0) is 65.2 Å².